The molecule has 1 heterocycles. The van der Waals surface area contributed by atoms with Gasteiger partial charge in [0, 0.05) is 25.1 Å². The molecule has 1 aliphatic heterocycles. The Kier molecular flexibility index (Phi) is 7.35. The lowest BCUT2D eigenvalue weighted by atomic mass is 10.1. The highest BCUT2D eigenvalue weighted by molar-refractivity contribution is 7.90. The fourth-order valence-corrected chi connectivity index (χ4v) is 4.07. The SMILES string of the molecule is O=C(COC(=O)CCc1ccccc1F)Nc1cccc(S(=O)(=O)NC2=NCCC2)c1. The number of halogens is 1. The lowest BCUT2D eigenvalue weighted by Crippen LogP contribution is -2.29. The number of carbonyl (C=O) groups excluding carboxylic acids is 2. The number of carbonyl (C=O) groups is 2. The molecule has 1 aliphatic rings. The molecule has 0 spiro atoms. The average molecular weight is 447 g/mol. The molecule has 164 valence electrons. The van der Waals surface area contributed by atoms with Crippen molar-refractivity contribution < 1.29 is 27.1 Å². The second-order valence-electron chi connectivity index (χ2n) is 6.87. The Morgan fingerprint density at radius 3 is 2.68 bits per heavy atom. The Bertz CT molecular complexity index is 1100. The Morgan fingerprint density at radius 1 is 1.13 bits per heavy atom. The third kappa shape index (κ3) is 6.61. The summed E-state index contributed by atoms with van der Waals surface area (Å²) in [7, 11) is -3.81. The van der Waals surface area contributed by atoms with Gasteiger partial charge in [0.15, 0.2) is 6.61 Å². The summed E-state index contributed by atoms with van der Waals surface area (Å²) in [6, 6.07) is 11.8. The van der Waals surface area contributed by atoms with E-state index in [0.29, 0.717) is 24.4 Å². The molecule has 0 fully saturated rings. The van der Waals surface area contributed by atoms with E-state index < -0.39 is 34.3 Å². The van der Waals surface area contributed by atoms with E-state index in [1.54, 1.807) is 18.2 Å². The molecule has 1 amide bonds. The lowest BCUT2D eigenvalue weighted by Gasteiger charge is -2.10. The van der Waals surface area contributed by atoms with Crippen LogP contribution in [0.2, 0.25) is 0 Å². The molecule has 3 rings (SSSR count). The van der Waals surface area contributed by atoms with E-state index in [2.05, 4.69) is 15.0 Å². The van der Waals surface area contributed by atoms with Gasteiger partial charge in [0.1, 0.15) is 11.7 Å². The summed E-state index contributed by atoms with van der Waals surface area (Å²) in [6.07, 6.45) is 1.45. The van der Waals surface area contributed by atoms with Crippen LogP contribution in [0.4, 0.5) is 10.1 Å². The minimum atomic E-state index is -3.81. The van der Waals surface area contributed by atoms with E-state index in [0.717, 1.165) is 6.42 Å². The molecule has 8 nitrogen and oxygen atoms in total. The Balaban J connectivity index is 1.49. The molecule has 0 saturated heterocycles. The lowest BCUT2D eigenvalue weighted by molar-refractivity contribution is -0.147. The second-order valence-corrected chi connectivity index (χ2v) is 8.55. The molecule has 0 bridgehead atoms. The number of aliphatic imine (C=N–C) groups is 1. The minimum Gasteiger partial charge on any atom is -0.456 e. The minimum absolute atomic E-state index is 0.0261. The number of anilines is 1. The van der Waals surface area contributed by atoms with Crippen LogP contribution in [0.25, 0.3) is 0 Å². The van der Waals surface area contributed by atoms with Crippen molar-refractivity contribution in [2.45, 2.75) is 30.6 Å². The number of esters is 1. The molecule has 31 heavy (non-hydrogen) atoms. The monoisotopic (exact) mass is 447 g/mol. The number of amidine groups is 1. The van der Waals surface area contributed by atoms with Crippen molar-refractivity contribution in [1.29, 1.82) is 0 Å². The van der Waals surface area contributed by atoms with Crippen molar-refractivity contribution in [2.75, 3.05) is 18.5 Å². The maximum absolute atomic E-state index is 13.6. The summed E-state index contributed by atoms with van der Waals surface area (Å²) in [5.41, 5.74) is 0.628. The van der Waals surface area contributed by atoms with E-state index in [9.17, 15) is 22.4 Å². The van der Waals surface area contributed by atoms with E-state index >= 15 is 0 Å². The summed E-state index contributed by atoms with van der Waals surface area (Å²) in [5, 5.41) is 2.49. The number of benzene rings is 2. The first-order chi connectivity index (χ1) is 14.8. The molecule has 0 aliphatic carbocycles. The zero-order valence-electron chi connectivity index (χ0n) is 16.6. The quantitative estimate of drug-likeness (QED) is 0.604. The maximum atomic E-state index is 13.6. The van der Waals surface area contributed by atoms with Gasteiger partial charge >= 0.3 is 5.97 Å². The number of amides is 1. The van der Waals surface area contributed by atoms with Crippen LogP contribution in [0, 0.1) is 5.82 Å². The van der Waals surface area contributed by atoms with Gasteiger partial charge in [0.2, 0.25) is 0 Å². The summed E-state index contributed by atoms with van der Waals surface area (Å²) in [4.78, 5) is 27.9. The van der Waals surface area contributed by atoms with Crippen LogP contribution in [0.15, 0.2) is 58.4 Å². The molecular weight excluding hydrogens is 425 g/mol. The summed E-state index contributed by atoms with van der Waals surface area (Å²) >= 11 is 0. The standard InChI is InChI=1S/C21H22FN3O5S/c22-18-8-2-1-5-15(18)10-11-21(27)30-14-20(26)24-16-6-3-7-17(13-16)31(28,29)25-19-9-4-12-23-19/h1-3,5-8,13H,4,9-12,14H2,(H,23,25)(H,24,26). The molecule has 0 saturated carbocycles. The van der Waals surface area contributed by atoms with Crippen LogP contribution >= 0.6 is 0 Å². The van der Waals surface area contributed by atoms with Gasteiger partial charge in [-0.25, -0.2) is 12.8 Å². The normalized spacial score (nSPS) is 13.4. The van der Waals surface area contributed by atoms with Gasteiger partial charge in [-0.3, -0.25) is 19.3 Å². The van der Waals surface area contributed by atoms with Crippen molar-refractivity contribution in [3.63, 3.8) is 0 Å². The molecule has 0 atom stereocenters. The number of hydrogen-bond acceptors (Lipinski definition) is 6. The topological polar surface area (TPSA) is 114 Å². The highest BCUT2D eigenvalue weighted by atomic mass is 32.2. The molecule has 2 aromatic carbocycles. The van der Waals surface area contributed by atoms with Crippen molar-refractivity contribution in [1.82, 2.24) is 4.72 Å². The Labute approximate surface area is 179 Å². The van der Waals surface area contributed by atoms with Gasteiger partial charge in [-0.05, 0) is 42.7 Å². The van der Waals surface area contributed by atoms with Gasteiger partial charge in [0.05, 0.1) is 4.90 Å². The number of nitrogens with one attached hydrogen (secondary N) is 2. The highest BCUT2D eigenvalue weighted by Gasteiger charge is 2.19. The molecule has 2 aromatic rings. The van der Waals surface area contributed by atoms with Gasteiger partial charge in [0.25, 0.3) is 15.9 Å². The van der Waals surface area contributed by atoms with E-state index in [1.807, 2.05) is 0 Å². The van der Waals surface area contributed by atoms with Gasteiger partial charge in [-0.2, -0.15) is 0 Å². The summed E-state index contributed by atoms with van der Waals surface area (Å²) in [5.74, 6) is -1.26. The van der Waals surface area contributed by atoms with Gasteiger partial charge in [-0.1, -0.05) is 24.3 Å². The zero-order chi connectivity index (χ0) is 22.3. The fourth-order valence-electron chi connectivity index (χ4n) is 2.93. The number of sulfonamides is 1. The number of hydrogen-bond donors (Lipinski definition) is 2. The van der Waals surface area contributed by atoms with Crippen LogP contribution < -0.4 is 10.0 Å². The fraction of sp³-hybridized carbons (Fsp3) is 0.286. The molecule has 10 heteroatoms. The largest absolute Gasteiger partial charge is 0.456 e. The van der Waals surface area contributed by atoms with E-state index in [-0.39, 0.29) is 23.4 Å². The zero-order valence-corrected chi connectivity index (χ0v) is 17.5. The van der Waals surface area contributed by atoms with Crippen molar-refractivity contribution in [3.8, 4) is 0 Å². The molecule has 0 aromatic heterocycles. The van der Waals surface area contributed by atoms with Crippen molar-refractivity contribution >= 4 is 33.4 Å². The average Bonchev–Trinajstić information content (AvgIpc) is 3.24. The van der Waals surface area contributed by atoms with E-state index in [1.165, 1.54) is 30.3 Å². The van der Waals surface area contributed by atoms with Crippen LogP contribution in [0.1, 0.15) is 24.8 Å². The number of nitrogens with zero attached hydrogens (tertiary/aromatic N) is 1. The second kappa shape index (κ2) is 10.2. The third-order valence-corrected chi connectivity index (χ3v) is 5.85. The summed E-state index contributed by atoms with van der Waals surface area (Å²) in [6.45, 7) is 0.0507. The van der Waals surface area contributed by atoms with Crippen LogP contribution in [0.3, 0.4) is 0 Å². The first-order valence-corrected chi connectivity index (χ1v) is 11.2. The van der Waals surface area contributed by atoms with Crippen LogP contribution in [-0.2, 0) is 30.8 Å². The third-order valence-electron chi connectivity index (χ3n) is 4.48. The predicted molar refractivity (Wildman–Crippen MR) is 113 cm³/mol. The summed E-state index contributed by atoms with van der Waals surface area (Å²) < 4.78 is 45.8. The molecular formula is C21H22FN3O5S. The van der Waals surface area contributed by atoms with Crippen LogP contribution in [0.5, 0.6) is 0 Å². The smallest absolute Gasteiger partial charge is 0.306 e. The first-order valence-electron chi connectivity index (χ1n) is 9.68. The Hall–Kier alpha value is -3.27. The van der Waals surface area contributed by atoms with Crippen molar-refractivity contribution in [3.05, 3.63) is 59.9 Å². The van der Waals surface area contributed by atoms with Gasteiger partial charge in [-0.15, -0.1) is 0 Å². The predicted octanol–water partition coefficient (Wildman–Crippen LogP) is 2.41. The van der Waals surface area contributed by atoms with Crippen LogP contribution in [-0.4, -0.2) is 39.3 Å². The number of rotatable bonds is 8. The Morgan fingerprint density at radius 2 is 1.94 bits per heavy atom. The molecule has 0 radical (unpaired) electrons. The van der Waals surface area contributed by atoms with Gasteiger partial charge < -0.3 is 10.1 Å². The van der Waals surface area contributed by atoms with E-state index in [4.69, 9.17) is 4.74 Å². The molecule has 0 unspecified atom stereocenters. The van der Waals surface area contributed by atoms with Crippen molar-refractivity contribution in [2.24, 2.45) is 4.99 Å². The first kappa shape index (κ1) is 22.4. The number of ether oxygens (including phenoxy) is 1. The molecule has 2 N–H and O–H groups in total. The maximum Gasteiger partial charge on any atom is 0.306 e. The highest BCUT2D eigenvalue weighted by Crippen LogP contribution is 2.16. The number of aryl methyl sites for hydroxylation is 1.